The van der Waals surface area contributed by atoms with Gasteiger partial charge in [0.2, 0.25) is 15.9 Å². The molecule has 0 bridgehead atoms. The molecule has 1 aliphatic carbocycles. The van der Waals surface area contributed by atoms with Crippen LogP contribution in [0.25, 0.3) is 10.4 Å². The van der Waals surface area contributed by atoms with Gasteiger partial charge in [-0.15, -0.1) is 0 Å². The van der Waals surface area contributed by atoms with Crippen molar-refractivity contribution in [3.05, 3.63) is 23.9 Å². The number of aliphatic hydroxyl groups excluding tert-OH is 1. The molecule has 1 aromatic carbocycles. The van der Waals surface area contributed by atoms with E-state index in [1.165, 1.54) is 31.3 Å². The summed E-state index contributed by atoms with van der Waals surface area (Å²) in [6, 6.07) is 4.97. The maximum absolute atomic E-state index is 12.8. The molecule has 3 rings (SSSR count). The fraction of sp³-hybridized carbons (Fsp3) is 0.545. The highest BCUT2D eigenvalue weighted by atomic mass is 32.2. The normalized spacial score (nSPS) is 14.6. The van der Waals surface area contributed by atoms with E-state index in [4.69, 9.17) is 9.84 Å². The van der Waals surface area contributed by atoms with Gasteiger partial charge in [0, 0.05) is 19.6 Å². The highest BCUT2D eigenvalue weighted by molar-refractivity contribution is 7.89. The number of nitrogens with one attached hydrogen (secondary N) is 2. The van der Waals surface area contributed by atoms with E-state index in [0.29, 0.717) is 35.9 Å². The van der Waals surface area contributed by atoms with Crippen LogP contribution in [0.2, 0.25) is 0 Å². The van der Waals surface area contributed by atoms with E-state index in [1.54, 1.807) is 18.2 Å². The molecular formula is C22H31N3O5S2. The van der Waals surface area contributed by atoms with Gasteiger partial charge >= 0.3 is 0 Å². The third kappa shape index (κ3) is 6.28. The molecule has 0 saturated heterocycles. The fourth-order valence-corrected chi connectivity index (χ4v) is 6.16. The molecule has 176 valence electrons. The number of hydrogen-bond donors (Lipinski definition) is 3. The number of aryl methyl sites for hydroxylation is 1. The summed E-state index contributed by atoms with van der Waals surface area (Å²) >= 11 is 1.33. The van der Waals surface area contributed by atoms with E-state index in [0.717, 1.165) is 23.4 Å². The Hall–Kier alpha value is -2.01. The molecule has 0 radical (unpaired) electrons. The number of carbonyl (C=O) groups is 1. The van der Waals surface area contributed by atoms with Gasteiger partial charge in [-0.05, 0) is 62.3 Å². The van der Waals surface area contributed by atoms with E-state index in [-0.39, 0.29) is 29.7 Å². The highest BCUT2D eigenvalue weighted by Crippen LogP contribution is 2.37. The van der Waals surface area contributed by atoms with E-state index in [9.17, 15) is 13.2 Å². The van der Waals surface area contributed by atoms with Crippen LogP contribution in [-0.2, 0) is 14.8 Å². The van der Waals surface area contributed by atoms with Gasteiger partial charge < -0.3 is 15.2 Å². The Morgan fingerprint density at radius 3 is 2.72 bits per heavy atom. The van der Waals surface area contributed by atoms with Crippen LogP contribution in [0.4, 0.5) is 5.13 Å². The Morgan fingerprint density at radius 1 is 1.28 bits per heavy atom. The summed E-state index contributed by atoms with van der Waals surface area (Å²) in [6.45, 7) is 2.09. The van der Waals surface area contributed by atoms with Crippen LogP contribution in [-0.4, -0.2) is 44.7 Å². The Morgan fingerprint density at radius 2 is 2.03 bits per heavy atom. The van der Waals surface area contributed by atoms with E-state index in [1.807, 2.05) is 6.92 Å². The number of unbranched alkanes of at least 4 members (excludes halogenated alkanes) is 1. The van der Waals surface area contributed by atoms with Crippen LogP contribution in [0.1, 0.15) is 50.6 Å². The molecule has 32 heavy (non-hydrogen) atoms. The summed E-state index contributed by atoms with van der Waals surface area (Å²) in [7, 11) is -2.37. The molecule has 1 saturated carbocycles. The summed E-state index contributed by atoms with van der Waals surface area (Å²) in [5.74, 6) is 0.674. The largest absolute Gasteiger partial charge is 0.495 e. The van der Waals surface area contributed by atoms with Crippen molar-refractivity contribution in [1.29, 1.82) is 0 Å². The molecule has 3 N–H and O–H groups in total. The lowest BCUT2D eigenvalue weighted by Crippen LogP contribution is -2.25. The average molecular weight is 482 g/mol. The first-order valence-corrected chi connectivity index (χ1v) is 13.2. The molecule has 0 aliphatic heterocycles. The van der Waals surface area contributed by atoms with Crippen molar-refractivity contribution in [2.75, 3.05) is 25.6 Å². The van der Waals surface area contributed by atoms with Crippen LogP contribution in [0.5, 0.6) is 5.75 Å². The second kappa shape index (κ2) is 11.2. The van der Waals surface area contributed by atoms with Crippen LogP contribution in [0.3, 0.4) is 0 Å². The predicted octanol–water partition coefficient (Wildman–Crippen LogP) is 3.70. The molecular weight excluding hydrogens is 450 g/mol. The third-order valence-corrected chi connectivity index (χ3v) is 8.19. The van der Waals surface area contributed by atoms with Gasteiger partial charge in [0.25, 0.3) is 0 Å². The standard InChI is InChI=1S/C22H31N3O5S2/c1-15-21(31-22(24-15)25-20(27)13-16-7-3-4-8-16)17-9-10-18(30-2)19(14-17)32(28,29)23-11-5-6-12-26/h9-10,14,16,23,26H,3-8,11-13H2,1-2H3,(H,24,25,27). The van der Waals surface area contributed by atoms with Crippen LogP contribution in [0, 0.1) is 12.8 Å². The molecule has 10 heteroatoms. The highest BCUT2D eigenvalue weighted by Gasteiger charge is 2.23. The summed E-state index contributed by atoms with van der Waals surface area (Å²) in [5.41, 5.74) is 1.41. The van der Waals surface area contributed by atoms with Crippen molar-refractivity contribution >= 4 is 32.4 Å². The maximum atomic E-state index is 12.8. The minimum absolute atomic E-state index is 0.0186. The Labute approximate surface area is 193 Å². The van der Waals surface area contributed by atoms with Gasteiger partial charge in [0.05, 0.1) is 17.7 Å². The SMILES string of the molecule is COc1ccc(-c2sc(NC(=O)CC3CCCC3)nc2C)cc1S(=O)(=O)NCCCCO. The zero-order valence-electron chi connectivity index (χ0n) is 18.5. The number of ether oxygens (including phenoxy) is 1. The third-order valence-electron chi connectivity index (χ3n) is 5.58. The van der Waals surface area contributed by atoms with E-state index < -0.39 is 10.0 Å². The lowest BCUT2D eigenvalue weighted by Gasteiger charge is -2.12. The Balaban J connectivity index is 1.79. The zero-order chi connectivity index (χ0) is 23.1. The maximum Gasteiger partial charge on any atom is 0.244 e. The van der Waals surface area contributed by atoms with Gasteiger partial charge in [-0.1, -0.05) is 24.2 Å². The van der Waals surface area contributed by atoms with Crippen molar-refractivity contribution < 1.29 is 23.1 Å². The molecule has 0 unspecified atom stereocenters. The van der Waals surface area contributed by atoms with Crippen molar-refractivity contribution in [3.8, 4) is 16.2 Å². The first-order chi connectivity index (χ1) is 15.3. The number of thiazole rings is 1. The summed E-state index contributed by atoms with van der Waals surface area (Å²) in [6.07, 6.45) is 6.17. The summed E-state index contributed by atoms with van der Waals surface area (Å²) < 4.78 is 33.5. The molecule has 8 nitrogen and oxygen atoms in total. The van der Waals surface area contributed by atoms with Gasteiger partial charge in [-0.3, -0.25) is 4.79 Å². The van der Waals surface area contributed by atoms with E-state index >= 15 is 0 Å². The van der Waals surface area contributed by atoms with Crippen molar-refractivity contribution in [2.45, 2.75) is 56.8 Å². The zero-order valence-corrected chi connectivity index (χ0v) is 20.2. The molecule has 1 aliphatic rings. The van der Waals surface area contributed by atoms with Crippen LogP contribution >= 0.6 is 11.3 Å². The number of rotatable bonds is 11. The number of methoxy groups -OCH3 is 1. The number of hydrogen-bond acceptors (Lipinski definition) is 7. The molecule has 1 amide bonds. The molecule has 0 atom stereocenters. The van der Waals surface area contributed by atoms with Gasteiger partial charge in [-0.25, -0.2) is 18.1 Å². The summed E-state index contributed by atoms with van der Waals surface area (Å²) in [4.78, 5) is 17.7. The fourth-order valence-electron chi connectivity index (χ4n) is 3.91. The Bertz CT molecular complexity index is 1030. The van der Waals surface area contributed by atoms with Crippen molar-refractivity contribution in [1.82, 2.24) is 9.71 Å². The topological polar surface area (TPSA) is 118 Å². The van der Waals surface area contributed by atoms with Gasteiger partial charge in [0.1, 0.15) is 10.6 Å². The Kier molecular flexibility index (Phi) is 8.64. The monoisotopic (exact) mass is 481 g/mol. The average Bonchev–Trinajstić information content (AvgIpc) is 3.40. The van der Waals surface area contributed by atoms with E-state index in [2.05, 4.69) is 15.0 Å². The second-order valence-electron chi connectivity index (χ2n) is 8.03. The van der Waals surface area contributed by atoms with Crippen LogP contribution in [0.15, 0.2) is 23.1 Å². The second-order valence-corrected chi connectivity index (χ2v) is 10.8. The van der Waals surface area contributed by atoms with Crippen LogP contribution < -0.4 is 14.8 Å². The summed E-state index contributed by atoms with van der Waals surface area (Å²) in [5, 5.41) is 12.3. The number of sulfonamides is 1. The number of nitrogens with zero attached hydrogens (tertiary/aromatic N) is 1. The number of aromatic nitrogens is 1. The minimum atomic E-state index is -3.79. The first kappa shape index (κ1) is 24.6. The lowest BCUT2D eigenvalue weighted by atomic mass is 10.0. The number of aliphatic hydroxyl groups is 1. The van der Waals surface area contributed by atoms with Crippen molar-refractivity contribution in [2.24, 2.45) is 5.92 Å². The number of amides is 1. The smallest absolute Gasteiger partial charge is 0.244 e. The van der Waals surface area contributed by atoms with Gasteiger partial charge in [-0.2, -0.15) is 0 Å². The lowest BCUT2D eigenvalue weighted by molar-refractivity contribution is -0.117. The minimum Gasteiger partial charge on any atom is -0.495 e. The molecule has 1 heterocycles. The number of benzene rings is 1. The molecule has 1 aromatic heterocycles. The number of anilines is 1. The molecule has 1 fully saturated rings. The van der Waals surface area contributed by atoms with Crippen molar-refractivity contribution in [3.63, 3.8) is 0 Å². The quantitative estimate of drug-likeness (QED) is 0.421. The predicted molar refractivity (Wildman–Crippen MR) is 126 cm³/mol. The number of carbonyl (C=O) groups excluding carboxylic acids is 1. The van der Waals surface area contributed by atoms with Gasteiger partial charge in [0.15, 0.2) is 5.13 Å². The first-order valence-electron chi connectivity index (χ1n) is 10.9. The molecule has 2 aromatic rings. The molecule has 0 spiro atoms.